The van der Waals surface area contributed by atoms with Crippen LogP contribution in [0.3, 0.4) is 0 Å². The van der Waals surface area contributed by atoms with E-state index in [9.17, 15) is 0 Å². The molecule has 3 heteroatoms. The molecule has 0 N–H and O–H groups in total. The van der Waals surface area contributed by atoms with E-state index in [4.69, 9.17) is 0 Å². The van der Waals surface area contributed by atoms with Gasteiger partial charge in [0.1, 0.15) is 13.1 Å². The molecule has 3 aliphatic rings. The van der Waals surface area contributed by atoms with Crippen LogP contribution in [0.5, 0.6) is 0 Å². The molecule has 17 heavy (non-hydrogen) atoms. The molecule has 0 unspecified atom stereocenters. The third kappa shape index (κ3) is 2.87. The number of nitrogens with zero attached hydrogens (tertiary/aromatic N) is 2. The Labute approximate surface area is 117 Å². The summed E-state index contributed by atoms with van der Waals surface area (Å²) in [5.41, 5.74) is 0. The van der Waals surface area contributed by atoms with E-state index in [2.05, 4.69) is 0 Å². The number of quaternary nitrogens is 2. The quantitative estimate of drug-likeness (QED) is 0.504. The highest BCUT2D eigenvalue weighted by Crippen LogP contribution is 2.27. The Morgan fingerprint density at radius 3 is 0.824 bits per heavy atom. The van der Waals surface area contributed by atoms with E-state index in [0.29, 0.717) is 0 Å². The maximum Gasteiger partial charge on any atom is 0.128 e. The zero-order valence-corrected chi connectivity index (χ0v) is 12.8. The van der Waals surface area contributed by atoms with E-state index in [-0.39, 0.29) is 17.0 Å². The van der Waals surface area contributed by atoms with Crippen molar-refractivity contribution in [3.05, 3.63) is 0 Å². The maximum absolute atomic E-state index is 1.50. The summed E-state index contributed by atoms with van der Waals surface area (Å²) < 4.78 is 3.00. The van der Waals surface area contributed by atoms with Gasteiger partial charge in [0.15, 0.2) is 0 Å². The molecule has 2 spiro atoms. The van der Waals surface area contributed by atoms with Crippen LogP contribution in [-0.4, -0.2) is 61.3 Å². The van der Waals surface area contributed by atoms with Crippen molar-refractivity contribution in [3.63, 3.8) is 0 Å². The molecular weight excluding hydrogens is 276 g/mol. The second kappa shape index (κ2) is 5.58. The monoisotopic (exact) mass is 303 g/mol. The number of rotatable bonds is 0. The van der Waals surface area contributed by atoms with Gasteiger partial charge in [0.05, 0.1) is 39.3 Å². The molecule has 3 rings (SSSR count). The minimum absolute atomic E-state index is 0. The standard InChI is InChI=1S/C14H28N2.BrH/c1-2-8-15(7-1)11-5-6-12-16(14-13-15)9-3-4-10-16;/h1-14H2;1H/q+2;/p-1. The average molecular weight is 304 g/mol. The maximum atomic E-state index is 1.50. The topological polar surface area (TPSA) is 0 Å². The van der Waals surface area contributed by atoms with Crippen LogP contribution in [0.2, 0.25) is 0 Å². The molecular formula is C14H28BrN2+. The summed E-state index contributed by atoms with van der Waals surface area (Å²) >= 11 is 0. The summed E-state index contributed by atoms with van der Waals surface area (Å²) in [4.78, 5) is 0. The van der Waals surface area contributed by atoms with E-state index in [0.717, 1.165) is 0 Å². The predicted molar refractivity (Wildman–Crippen MR) is 67.2 cm³/mol. The Balaban J connectivity index is 0.00000108. The fraction of sp³-hybridized carbons (Fsp3) is 1.00. The van der Waals surface area contributed by atoms with Crippen LogP contribution >= 0.6 is 0 Å². The third-order valence-corrected chi connectivity index (χ3v) is 5.59. The molecule has 0 aromatic rings. The van der Waals surface area contributed by atoms with E-state index in [1.165, 1.54) is 99.8 Å². The van der Waals surface area contributed by atoms with Crippen molar-refractivity contribution in [1.82, 2.24) is 0 Å². The summed E-state index contributed by atoms with van der Waals surface area (Å²) in [7, 11) is 0. The van der Waals surface area contributed by atoms with Gasteiger partial charge in [0.25, 0.3) is 0 Å². The molecule has 0 aliphatic carbocycles. The minimum Gasteiger partial charge on any atom is -1.00 e. The average Bonchev–Trinajstić information content (AvgIpc) is 2.92. The van der Waals surface area contributed by atoms with Crippen LogP contribution in [0.25, 0.3) is 0 Å². The van der Waals surface area contributed by atoms with Crippen LogP contribution in [0.1, 0.15) is 38.5 Å². The molecule has 0 bridgehead atoms. The van der Waals surface area contributed by atoms with Gasteiger partial charge in [0.2, 0.25) is 0 Å². The first-order chi connectivity index (χ1) is 7.83. The summed E-state index contributed by atoms with van der Waals surface area (Å²) in [6.07, 6.45) is 9.00. The van der Waals surface area contributed by atoms with Crippen molar-refractivity contribution in [2.45, 2.75) is 38.5 Å². The van der Waals surface area contributed by atoms with Crippen molar-refractivity contribution < 1.29 is 25.9 Å². The zero-order valence-electron chi connectivity index (χ0n) is 11.2. The van der Waals surface area contributed by atoms with Gasteiger partial charge in [0, 0.05) is 38.5 Å². The lowest BCUT2D eigenvalue weighted by Crippen LogP contribution is -3.00. The molecule has 0 amide bonds. The van der Waals surface area contributed by atoms with Gasteiger partial charge in [-0.15, -0.1) is 0 Å². The summed E-state index contributed by atoms with van der Waals surface area (Å²) in [5.74, 6) is 0. The lowest BCUT2D eigenvalue weighted by atomic mass is 10.1. The van der Waals surface area contributed by atoms with Gasteiger partial charge in [-0.1, -0.05) is 0 Å². The Morgan fingerprint density at radius 2 is 0.588 bits per heavy atom. The minimum atomic E-state index is 0. The van der Waals surface area contributed by atoms with Crippen LogP contribution < -0.4 is 17.0 Å². The molecule has 3 heterocycles. The number of hydrogen-bond acceptors (Lipinski definition) is 0. The van der Waals surface area contributed by atoms with Crippen LogP contribution in [0.4, 0.5) is 0 Å². The highest BCUT2D eigenvalue weighted by molar-refractivity contribution is 4.62. The molecule has 2 nitrogen and oxygen atoms in total. The SMILES string of the molecule is C1CC[N+]2(C1)CCCC[N+]1(CCCC1)CC2.[Br-]. The highest BCUT2D eigenvalue weighted by Gasteiger charge is 2.39. The summed E-state index contributed by atoms with van der Waals surface area (Å²) in [6.45, 7) is 12.0. The van der Waals surface area contributed by atoms with Gasteiger partial charge in [-0.05, 0) is 0 Å². The zero-order chi connectivity index (χ0) is 10.9. The van der Waals surface area contributed by atoms with Crippen molar-refractivity contribution in [3.8, 4) is 0 Å². The second-order valence-corrected chi connectivity index (χ2v) is 6.59. The van der Waals surface area contributed by atoms with Gasteiger partial charge in [-0.25, -0.2) is 0 Å². The van der Waals surface area contributed by atoms with Gasteiger partial charge in [-0.2, -0.15) is 0 Å². The van der Waals surface area contributed by atoms with E-state index in [1.807, 2.05) is 0 Å². The Hall–Kier alpha value is 0.400. The fourth-order valence-corrected chi connectivity index (χ4v) is 4.45. The largest absolute Gasteiger partial charge is 1.00 e. The van der Waals surface area contributed by atoms with Crippen molar-refractivity contribution in [2.75, 3.05) is 52.4 Å². The first-order valence-corrected chi connectivity index (χ1v) is 7.53. The first-order valence-electron chi connectivity index (χ1n) is 7.53. The van der Waals surface area contributed by atoms with Crippen molar-refractivity contribution in [2.24, 2.45) is 0 Å². The van der Waals surface area contributed by atoms with Gasteiger partial charge < -0.3 is 25.9 Å². The molecule has 0 aromatic carbocycles. The Bertz CT molecular complexity index is 217. The fourth-order valence-electron chi connectivity index (χ4n) is 4.45. The Morgan fingerprint density at radius 1 is 0.353 bits per heavy atom. The summed E-state index contributed by atoms with van der Waals surface area (Å²) in [5, 5.41) is 0. The smallest absolute Gasteiger partial charge is 0.128 e. The first kappa shape index (κ1) is 13.8. The molecule has 0 aromatic heterocycles. The van der Waals surface area contributed by atoms with E-state index >= 15 is 0 Å². The van der Waals surface area contributed by atoms with Crippen molar-refractivity contribution in [1.29, 1.82) is 0 Å². The third-order valence-electron chi connectivity index (χ3n) is 5.59. The predicted octanol–water partition coefficient (Wildman–Crippen LogP) is -0.995. The highest BCUT2D eigenvalue weighted by atomic mass is 79.9. The normalized spacial score (nSPS) is 31.1. The van der Waals surface area contributed by atoms with Crippen LogP contribution in [-0.2, 0) is 0 Å². The van der Waals surface area contributed by atoms with Crippen molar-refractivity contribution >= 4 is 0 Å². The van der Waals surface area contributed by atoms with Crippen LogP contribution in [0, 0.1) is 0 Å². The Kier molecular flexibility index (Phi) is 4.54. The van der Waals surface area contributed by atoms with Gasteiger partial charge in [-0.3, -0.25) is 0 Å². The molecule has 0 radical (unpaired) electrons. The summed E-state index contributed by atoms with van der Waals surface area (Å²) in [6, 6.07) is 0. The second-order valence-electron chi connectivity index (χ2n) is 6.59. The molecule has 3 saturated heterocycles. The lowest BCUT2D eigenvalue weighted by Gasteiger charge is -2.42. The number of halogens is 1. The number of hydrogen-bond donors (Lipinski definition) is 0. The van der Waals surface area contributed by atoms with E-state index in [1.54, 1.807) is 0 Å². The lowest BCUT2D eigenvalue weighted by molar-refractivity contribution is -0.976. The molecule has 3 aliphatic heterocycles. The van der Waals surface area contributed by atoms with Crippen LogP contribution in [0.15, 0.2) is 0 Å². The molecule has 3 fully saturated rings. The van der Waals surface area contributed by atoms with Gasteiger partial charge >= 0.3 is 0 Å². The molecule has 0 saturated carbocycles. The van der Waals surface area contributed by atoms with E-state index < -0.39 is 0 Å². The molecule has 0 atom stereocenters. The molecule has 100 valence electrons.